The molecule has 0 aliphatic carbocycles. The van der Waals surface area contributed by atoms with E-state index >= 15 is 0 Å². The lowest BCUT2D eigenvalue weighted by atomic mass is 10.2. The first-order chi connectivity index (χ1) is 3.55. The van der Waals surface area contributed by atoms with Crippen molar-refractivity contribution in [1.29, 1.82) is 0 Å². The van der Waals surface area contributed by atoms with Gasteiger partial charge in [0.25, 0.3) is 0 Å². The molecule has 0 saturated heterocycles. The van der Waals surface area contributed by atoms with Gasteiger partial charge < -0.3 is 4.90 Å². The molecule has 1 N–H and O–H groups in total. The van der Waals surface area contributed by atoms with Crippen LogP contribution < -0.4 is 4.90 Å². The highest BCUT2D eigenvalue weighted by atomic mass is 32.1. The number of hydrogen-bond acceptors (Lipinski definition) is 1. The third kappa shape index (κ3) is 2.38. The van der Waals surface area contributed by atoms with Crippen LogP contribution in [-0.4, -0.2) is 25.0 Å². The van der Waals surface area contributed by atoms with Crippen LogP contribution >= 0.6 is 12.2 Å². The van der Waals surface area contributed by atoms with E-state index in [2.05, 4.69) is 21.0 Å². The van der Waals surface area contributed by atoms with E-state index < -0.39 is 0 Å². The van der Waals surface area contributed by atoms with Crippen molar-refractivity contribution < 1.29 is 4.90 Å². The summed E-state index contributed by atoms with van der Waals surface area (Å²) in [6, 6.07) is 0.519. The van der Waals surface area contributed by atoms with Crippen LogP contribution in [0.5, 0.6) is 0 Å². The summed E-state index contributed by atoms with van der Waals surface area (Å²) in [5.74, 6) is 0. The highest BCUT2D eigenvalue weighted by Gasteiger charge is 2.07. The highest BCUT2D eigenvalue weighted by molar-refractivity contribution is 7.80. The molecule has 0 aromatic heterocycles. The molecule has 0 rings (SSSR count). The van der Waals surface area contributed by atoms with E-state index in [0.717, 1.165) is 4.86 Å². The second kappa shape index (κ2) is 3.15. The summed E-state index contributed by atoms with van der Waals surface area (Å²) in [4.78, 5) is 2.49. The number of nitrogens with one attached hydrogen (secondary N) is 1. The molecule has 2 heteroatoms. The summed E-state index contributed by atoms with van der Waals surface area (Å²) in [5, 5.41) is 0. The Morgan fingerprint density at radius 1 is 1.50 bits per heavy atom. The molecule has 48 valence electrons. The normalized spacial score (nSPS) is 14.1. The average molecular weight is 132 g/mol. The molecule has 0 aliphatic heterocycles. The van der Waals surface area contributed by atoms with Gasteiger partial charge >= 0.3 is 0 Å². The van der Waals surface area contributed by atoms with Crippen LogP contribution in [0, 0.1) is 0 Å². The molecule has 0 spiro atoms. The van der Waals surface area contributed by atoms with Gasteiger partial charge in [-0.25, -0.2) is 0 Å². The van der Waals surface area contributed by atoms with Gasteiger partial charge in [0.2, 0.25) is 0 Å². The van der Waals surface area contributed by atoms with Crippen molar-refractivity contribution in [3.05, 3.63) is 0 Å². The predicted octanol–water partition coefficient (Wildman–Crippen LogP) is -0.0908. The fraction of sp³-hybridized carbons (Fsp3) is 0.833. The minimum Gasteiger partial charge on any atom is -0.333 e. The summed E-state index contributed by atoms with van der Waals surface area (Å²) in [5.41, 5.74) is 0. The largest absolute Gasteiger partial charge is 0.333 e. The second-order valence-electron chi connectivity index (χ2n) is 2.41. The van der Waals surface area contributed by atoms with Crippen LogP contribution in [0.15, 0.2) is 0 Å². The van der Waals surface area contributed by atoms with Crippen molar-refractivity contribution in [2.45, 2.75) is 19.9 Å². The van der Waals surface area contributed by atoms with Gasteiger partial charge in [0, 0.05) is 4.86 Å². The smallest absolute Gasteiger partial charge is 0.116 e. The Hall–Kier alpha value is 0.0500. The Morgan fingerprint density at radius 3 is 1.88 bits per heavy atom. The van der Waals surface area contributed by atoms with E-state index in [4.69, 9.17) is 12.2 Å². The van der Waals surface area contributed by atoms with E-state index in [1.54, 1.807) is 0 Å². The van der Waals surface area contributed by atoms with Crippen molar-refractivity contribution in [2.75, 3.05) is 14.1 Å². The first kappa shape index (κ1) is 8.05. The minimum absolute atomic E-state index is 0.519. The van der Waals surface area contributed by atoms with Gasteiger partial charge in [-0.15, -0.1) is 0 Å². The number of quaternary nitrogens is 1. The zero-order valence-electron chi connectivity index (χ0n) is 5.99. The van der Waals surface area contributed by atoms with Gasteiger partial charge in [-0.05, 0) is 13.8 Å². The van der Waals surface area contributed by atoms with Crippen molar-refractivity contribution in [3.8, 4) is 0 Å². The van der Waals surface area contributed by atoms with Gasteiger partial charge in [-0.2, -0.15) is 0 Å². The fourth-order valence-electron chi connectivity index (χ4n) is 0.407. The Balaban J connectivity index is 3.64. The van der Waals surface area contributed by atoms with Crippen molar-refractivity contribution in [1.82, 2.24) is 0 Å². The zero-order chi connectivity index (χ0) is 6.73. The van der Waals surface area contributed by atoms with Crippen molar-refractivity contribution in [2.24, 2.45) is 0 Å². The second-order valence-corrected chi connectivity index (χ2v) is 3.05. The molecule has 0 aliphatic rings. The van der Waals surface area contributed by atoms with Crippen LogP contribution in [0.2, 0.25) is 0 Å². The van der Waals surface area contributed by atoms with Crippen LogP contribution in [0.25, 0.3) is 0 Å². The number of hydrogen-bond donors (Lipinski definition) is 1. The molecule has 1 nitrogen and oxygen atoms in total. The van der Waals surface area contributed by atoms with Crippen LogP contribution in [0.3, 0.4) is 0 Å². The molecule has 0 amide bonds. The van der Waals surface area contributed by atoms with E-state index in [0.29, 0.717) is 6.04 Å². The maximum Gasteiger partial charge on any atom is 0.116 e. The maximum atomic E-state index is 4.97. The SMILES string of the molecule is CC(=S)C(C)[NH+](C)C. The zero-order valence-corrected chi connectivity index (χ0v) is 6.80. The fourth-order valence-corrected chi connectivity index (χ4v) is 0.642. The van der Waals surface area contributed by atoms with E-state index in [1.807, 2.05) is 6.92 Å². The Bertz CT molecular complexity index is 88.5. The lowest BCUT2D eigenvalue weighted by Crippen LogP contribution is -3.10. The lowest BCUT2D eigenvalue weighted by molar-refractivity contribution is -0.871. The average Bonchev–Trinajstić information content (AvgIpc) is 1.64. The molecule has 8 heavy (non-hydrogen) atoms. The summed E-state index contributed by atoms with van der Waals surface area (Å²) >= 11 is 4.97. The topological polar surface area (TPSA) is 4.44 Å². The monoisotopic (exact) mass is 132 g/mol. The van der Waals surface area contributed by atoms with Gasteiger partial charge in [0.1, 0.15) is 6.04 Å². The summed E-state index contributed by atoms with van der Waals surface area (Å²) in [7, 11) is 4.22. The third-order valence-corrected chi connectivity index (χ3v) is 1.83. The van der Waals surface area contributed by atoms with Gasteiger partial charge in [-0.1, -0.05) is 12.2 Å². The molecule has 0 aromatic carbocycles. The quantitative estimate of drug-likeness (QED) is 0.514. The molecule has 0 radical (unpaired) electrons. The lowest BCUT2D eigenvalue weighted by Gasteiger charge is -2.14. The first-order valence-electron chi connectivity index (χ1n) is 2.86. The molecule has 0 saturated carbocycles. The van der Waals surface area contributed by atoms with E-state index in [9.17, 15) is 0 Å². The number of thiocarbonyl (C=S) groups is 1. The molecular formula is C6H14NS+. The predicted molar refractivity (Wildman–Crippen MR) is 40.5 cm³/mol. The molecular weight excluding hydrogens is 118 g/mol. The Labute approximate surface area is 56.7 Å². The Morgan fingerprint density at radius 2 is 1.88 bits per heavy atom. The van der Waals surface area contributed by atoms with Crippen LogP contribution in [0.1, 0.15) is 13.8 Å². The highest BCUT2D eigenvalue weighted by Crippen LogP contribution is 1.78. The molecule has 0 bridgehead atoms. The Kier molecular flexibility index (Phi) is 3.17. The third-order valence-electron chi connectivity index (χ3n) is 1.48. The summed E-state index contributed by atoms with van der Waals surface area (Å²) in [6.07, 6.45) is 0. The van der Waals surface area contributed by atoms with E-state index in [-0.39, 0.29) is 0 Å². The van der Waals surface area contributed by atoms with Crippen molar-refractivity contribution >= 4 is 17.1 Å². The maximum absolute atomic E-state index is 4.97. The van der Waals surface area contributed by atoms with Crippen molar-refractivity contribution in [3.63, 3.8) is 0 Å². The molecule has 0 aromatic rings. The van der Waals surface area contributed by atoms with E-state index in [1.165, 1.54) is 4.90 Å². The summed E-state index contributed by atoms with van der Waals surface area (Å²) < 4.78 is 0. The van der Waals surface area contributed by atoms with Gasteiger partial charge in [0.15, 0.2) is 0 Å². The van der Waals surface area contributed by atoms with Crippen LogP contribution in [-0.2, 0) is 0 Å². The molecule has 1 unspecified atom stereocenters. The number of rotatable bonds is 2. The van der Waals surface area contributed by atoms with Gasteiger partial charge in [-0.3, -0.25) is 0 Å². The first-order valence-corrected chi connectivity index (χ1v) is 3.27. The minimum atomic E-state index is 0.519. The molecule has 0 heterocycles. The molecule has 0 fully saturated rings. The van der Waals surface area contributed by atoms with Crippen LogP contribution in [0.4, 0.5) is 0 Å². The molecule has 1 atom stereocenters. The standard InChI is InChI=1S/C6H13NS/c1-5(6(2)8)7(3)4/h5H,1-4H3/p+1. The summed E-state index contributed by atoms with van der Waals surface area (Å²) in [6.45, 7) is 4.13. The van der Waals surface area contributed by atoms with Gasteiger partial charge in [0.05, 0.1) is 14.1 Å².